The van der Waals surface area contributed by atoms with E-state index in [0.717, 1.165) is 0 Å². The highest BCUT2D eigenvalue weighted by molar-refractivity contribution is 9.10. The van der Waals surface area contributed by atoms with E-state index in [-0.39, 0.29) is 16.4 Å². The molecule has 0 atom stereocenters. The van der Waals surface area contributed by atoms with Gasteiger partial charge in [0.2, 0.25) is 5.88 Å². The van der Waals surface area contributed by atoms with Crippen molar-refractivity contribution in [3.63, 3.8) is 0 Å². The number of ether oxygens (including phenoxy) is 1. The molecule has 0 saturated carbocycles. The molecule has 1 heterocycles. The van der Waals surface area contributed by atoms with Gasteiger partial charge < -0.3 is 9.64 Å². The average Bonchev–Trinajstić information content (AvgIpc) is 2.61. The Morgan fingerprint density at radius 1 is 1.14 bits per heavy atom. The van der Waals surface area contributed by atoms with Crippen LogP contribution in [-0.2, 0) is 12.4 Å². The van der Waals surface area contributed by atoms with Gasteiger partial charge in [0.1, 0.15) is 5.75 Å². The summed E-state index contributed by atoms with van der Waals surface area (Å²) in [5.74, 6) is -1.02. The summed E-state index contributed by atoms with van der Waals surface area (Å²) in [5.41, 5.74) is -2.16. The fraction of sp³-hybridized carbons (Fsp3) is 0.333. The summed E-state index contributed by atoms with van der Waals surface area (Å²) in [6, 6.07) is 2.65. The Bertz CT molecular complexity index is 912. The van der Waals surface area contributed by atoms with Gasteiger partial charge in [-0.25, -0.2) is 9.98 Å². The Morgan fingerprint density at radius 2 is 1.79 bits per heavy atom. The van der Waals surface area contributed by atoms with Gasteiger partial charge in [0.25, 0.3) is 0 Å². The normalized spacial score (nSPS) is 12.5. The lowest BCUT2D eigenvalue weighted by Gasteiger charge is -2.17. The number of aromatic nitrogens is 1. The van der Waals surface area contributed by atoms with E-state index in [4.69, 9.17) is 4.74 Å². The number of aliphatic imine (C=N–C) groups is 1. The third-order valence-electron chi connectivity index (χ3n) is 3.82. The first-order valence-corrected chi connectivity index (χ1v) is 9.00. The molecule has 0 aliphatic rings. The standard InChI is InChI=1S/C18H16BrF6N3O/c1-4-28(3)9-26-14-8-13(19)16(27-10(14)2)29-15-6-5-11(17(20,21)22)7-12(15)18(23,24)25/h5-9H,4H2,1-3H3. The summed E-state index contributed by atoms with van der Waals surface area (Å²) < 4.78 is 83.6. The van der Waals surface area contributed by atoms with Gasteiger partial charge >= 0.3 is 12.4 Å². The molecule has 0 unspecified atom stereocenters. The SMILES string of the molecule is CCN(C)C=Nc1cc(Br)c(Oc2ccc(C(F)(F)F)cc2C(F)(F)F)nc1C. The molecule has 4 nitrogen and oxygen atoms in total. The predicted octanol–water partition coefficient (Wildman–Crippen LogP) is 6.59. The topological polar surface area (TPSA) is 37.7 Å². The first kappa shape index (κ1) is 23.0. The molecule has 1 aromatic heterocycles. The van der Waals surface area contributed by atoms with Gasteiger partial charge in [0.15, 0.2) is 0 Å². The Kier molecular flexibility index (Phi) is 6.82. The molecule has 0 saturated heterocycles. The van der Waals surface area contributed by atoms with Crippen molar-refractivity contribution in [2.75, 3.05) is 13.6 Å². The number of alkyl halides is 6. The highest BCUT2D eigenvalue weighted by Crippen LogP contribution is 2.42. The molecule has 0 aliphatic carbocycles. The summed E-state index contributed by atoms with van der Waals surface area (Å²) in [7, 11) is 1.81. The van der Waals surface area contributed by atoms with E-state index < -0.39 is 29.2 Å². The number of aryl methyl sites for hydroxylation is 1. The van der Waals surface area contributed by atoms with Crippen LogP contribution in [0.2, 0.25) is 0 Å². The largest absolute Gasteiger partial charge is 0.437 e. The minimum Gasteiger partial charge on any atom is -0.437 e. The highest BCUT2D eigenvalue weighted by Gasteiger charge is 2.39. The minimum absolute atomic E-state index is 0.00927. The van der Waals surface area contributed by atoms with Crippen molar-refractivity contribution in [1.82, 2.24) is 9.88 Å². The second kappa shape index (κ2) is 8.60. The van der Waals surface area contributed by atoms with Crippen molar-refractivity contribution in [3.8, 4) is 11.6 Å². The quantitative estimate of drug-likeness (QED) is 0.273. The molecule has 0 amide bonds. The highest BCUT2D eigenvalue weighted by atomic mass is 79.9. The molecule has 158 valence electrons. The third kappa shape index (κ3) is 5.84. The van der Waals surface area contributed by atoms with Crippen LogP contribution in [0, 0.1) is 6.92 Å². The molecule has 0 N–H and O–H groups in total. The van der Waals surface area contributed by atoms with Crippen LogP contribution in [0.4, 0.5) is 32.0 Å². The Labute approximate surface area is 171 Å². The third-order valence-corrected chi connectivity index (χ3v) is 4.39. The summed E-state index contributed by atoms with van der Waals surface area (Å²) in [6.07, 6.45) is -8.40. The maximum absolute atomic E-state index is 13.3. The van der Waals surface area contributed by atoms with Crippen LogP contribution in [0.25, 0.3) is 0 Å². The van der Waals surface area contributed by atoms with E-state index in [1.165, 1.54) is 6.07 Å². The number of pyridine rings is 1. The number of hydrogen-bond donors (Lipinski definition) is 0. The van der Waals surface area contributed by atoms with E-state index in [2.05, 4.69) is 25.9 Å². The number of benzene rings is 1. The lowest BCUT2D eigenvalue weighted by Crippen LogP contribution is -2.14. The van der Waals surface area contributed by atoms with E-state index in [1.54, 1.807) is 18.2 Å². The van der Waals surface area contributed by atoms with Crippen LogP contribution >= 0.6 is 15.9 Å². The summed E-state index contributed by atoms with van der Waals surface area (Å²) in [6.45, 7) is 4.22. The summed E-state index contributed by atoms with van der Waals surface area (Å²) >= 11 is 3.15. The van der Waals surface area contributed by atoms with Crippen molar-refractivity contribution in [2.24, 2.45) is 4.99 Å². The van der Waals surface area contributed by atoms with E-state index >= 15 is 0 Å². The van der Waals surface area contributed by atoms with Gasteiger partial charge in [-0.05, 0) is 54.0 Å². The molecule has 11 heteroatoms. The minimum atomic E-state index is -5.05. The second-order valence-corrected chi connectivity index (χ2v) is 6.86. The Hall–Kier alpha value is -2.30. The Balaban J connectivity index is 2.43. The molecule has 0 radical (unpaired) electrons. The van der Waals surface area contributed by atoms with Crippen LogP contribution in [-0.4, -0.2) is 29.8 Å². The van der Waals surface area contributed by atoms with Gasteiger partial charge in [-0.3, -0.25) is 0 Å². The van der Waals surface area contributed by atoms with Crippen LogP contribution in [0.3, 0.4) is 0 Å². The lowest BCUT2D eigenvalue weighted by molar-refractivity contribution is -0.143. The number of nitrogens with zero attached hydrogens (tertiary/aromatic N) is 3. The maximum Gasteiger partial charge on any atom is 0.420 e. The number of rotatable bonds is 5. The first-order valence-electron chi connectivity index (χ1n) is 8.20. The van der Waals surface area contributed by atoms with Gasteiger partial charge in [-0.2, -0.15) is 26.3 Å². The zero-order valence-corrected chi connectivity index (χ0v) is 17.1. The first-order chi connectivity index (χ1) is 13.3. The van der Waals surface area contributed by atoms with Crippen LogP contribution < -0.4 is 4.74 Å². The predicted molar refractivity (Wildman–Crippen MR) is 99.7 cm³/mol. The van der Waals surface area contributed by atoms with Crippen LogP contribution in [0.1, 0.15) is 23.7 Å². The summed E-state index contributed by atoms with van der Waals surface area (Å²) in [5, 5.41) is 0. The van der Waals surface area contributed by atoms with E-state index in [9.17, 15) is 26.3 Å². The lowest BCUT2D eigenvalue weighted by atomic mass is 10.1. The second-order valence-electron chi connectivity index (χ2n) is 6.01. The van der Waals surface area contributed by atoms with Crippen LogP contribution in [0.15, 0.2) is 33.7 Å². The fourth-order valence-corrected chi connectivity index (χ4v) is 2.50. The molecular formula is C18H16BrF6N3O. The Morgan fingerprint density at radius 3 is 2.34 bits per heavy atom. The van der Waals surface area contributed by atoms with Crippen molar-refractivity contribution >= 4 is 28.0 Å². The molecule has 2 rings (SSSR count). The summed E-state index contributed by atoms with van der Waals surface area (Å²) in [4.78, 5) is 10.1. The number of halogens is 7. The van der Waals surface area contributed by atoms with Crippen molar-refractivity contribution in [1.29, 1.82) is 0 Å². The molecule has 2 aromatic rings. The molecule has 29 heavy (non-hydrogen) atoms. The molecule has 0 bridgehead atoms. The molecular weight excluding hydrogens is 468 g/mol. The fourth-order valence-electron chi connectivity index (χ4n) is 2.11. The van der Waals surface area contributed by atoms with Crippen molar-refractivity contribution in [2.45, 2.75) is 26.2 Å². The van der Waals surface area contributed by atoms with Gasteiger partial charge in [0, 0.05) is 13.6 Å². The number of hydrogen-bond acceptors (Lipinski definition) is 3. The van der Waals surface area contributed by atoms with Gasteiger partial charge in [-0.15, -0.1) is 0 Å². The zero-order valence-electron chi connectivity index (χ0n) is 15.5. The molecule has 0 aliphatic heterocycles. The van der Waals surface area contributed by atoms with Crippen LogP contribution in [0.5, 0.6) is 11.6 Å². The monoisotopic (exact) mass is 483 g/mol. The molecule has 1 aromatic carbocycles. The zero-order chi connectivity index (χ0) is 22.0. The average molecular weight is 484 g/mol. The van der Waals surface area contributed by atoms with E-state index in [0.29, 0.717) is 30.1 Å². The smallest absolute Gasteiger partial charge is 0.420 e. The van der Waals surface area contributed by atoms with Gasteiger partial charge in [0.05, 0.1) is 33.3 Å². The van der Waals surface area contributed by atoms with Gasteiger partial charge in [-0.1, -0.05) is 0 Å². The molecule has 0 spiro atoms. The van der Waals surface area contributed by atoms with Crippen molar-refractivity contribution in [3.05, 3.63) is 45.6 Å². The molecule has 0 fully saturated rings. The maximum atomic E-state index is 13.3. The van der Waals surface area contributed by atoms with E-state index in [1.807, 2.05) is 14.0 Å². The van der Waals surface area contributed by atoms with Crippen molar-refractivity contribution < 1.29 is 31.1 Å².